The minimum absolute atomic E-state index is 0.643. The summed E-state index contributed by atoms with van der Waals surface area (Å²) in [6.07, 6.45) is 1.25. The Labute approximate surface area is 91.1 Å². The van der Waals surface area contributed by atoms with Gasteiger partial charge >= 0.3 is 0 Å². The van der Waals surface area contributed by atoms with Crippen molar-refractivity contribution in [2.75, 3.05) is 5.75 Å². The van der Waals surface area contributed by atoms with Gasteiger partial charge in [-0.15, -0.1) is 11.8 Å². The van der Waals surface area contributed by atoms with Gasteiger partial charge in [0.15, 0.2) is 0 Å². The maximum absolute atomic E-state index is 5.68. The lowest BCUT2D eigenvalue weighted by molar-refractivity contribution is 0.637. The summed E-state index contributed by atoms with van der Waals surface area (Å²) in [5.74, 6) is 1.97. The van der Waals surface area contributed by atoms with Gasteiger partial charge in [0.2, 0.25) is 0 Å². The molecule has 0 saturated carbocycles. The Morgan fingerprint density at radius 3 is 2.71 bits per heavy atom. The van der Waals surface area contributed by atoms with Gasteiger partial charge in [0.1, 0.15) is 0 Å². The molecule has 1 aromatic carbocycles. The van der Waals surface area contributed by atoms with Crippen LogP contribution in [0.4, 0.5) is 0 Å². The zero-order valence-corrected chi connectivity index (χ0v) is 9.81. The summed E-state index contributed by atoms with van der Waals surface area (Å²) in [5.41, 5.74) is 6.94. The Bertz CT molecular complexity index is 273. The van der Waals surface area contributed by atoms with E-state index in [2.05, 4.69) is 38.1 Å². The van der Waals surface area contributed by atoms with E-state index in [1.165, 1.54) is 22.6 Å². The zero-order valence-electron chi connectivity index (χ0n) is 8.99. The summed E-state index contributed by atoms with van der Waals surface area (Å²) in [5, 5.41) is 0. The molecule has 2 N–H and O–H groups in total. The van der Waals surface area contributed by atoms with Crippen LogP contribution in [0, 0.1) is 5.92 Å². The topological polar surface area (TPSA) is 26.0 Å². The SMILES string of the molecule is CCC(C)CSc1ccccc1CN. The highest BCUT2D eigenvalue weighted by Crippen LogP contribution is 2.25. The van der Waals surface area contributed by atoms with Crippen molar-refractivity contribution in [3.63, 3.8) is 0 Å². The standard InChI is InChI=1S/C12H19NS/c1-3-10(2)9-14-12-7-5-4-6-11(12)8-13/h4-7,10H,3,8-9,13H2,1-2H3. The number of hydrogen-bond acceptors (Lipinski definition) is 2. The van der Waals surface area contributed by atoms with Crippen LogP contribution in [0.1, 0.15) is 25.8 Å². The summed E-state index contributed by atoms with van der Waals surface area (Å²) in [6.45, 7) is 5.17. The molecule has 78 valence electrons. The smallest absolute Gasteiger partial charge is 0.0189 e. The largest absolute Gasteiger partial charge is 0.326 e. The predicted molar refractivity (Wildman–Crippen MR) is 64.5 cm³/mol. The van der Waals surface area contributed by atoms with Gasteiger partial charge in [-0.2, -0.15) is 0 Å². The first-order valence-corrected chi connectivity index (χ1v) is 6.17. The van der Waals surface area contributed by atoms with Gasteiger partial charge in [0.25, 0.3) is 0 Å². The second-order valence-electron chi connectivity index (χ2n) is 3.64. The number of hydrogen-bond donors (Lipinski definition) is 1. The molecule has 1 nitrogen and oxygen atoms in total. The van der Waals surface area contributed by atoms with E-state index in [1.807, 2.05) is 11.8 Å². The minimum Gasteiger partial charge on any atom is -0.326 e. The molecule has 14 heavy (non-hydrogen) atoms. The Hall–Kier alpha value is -0.470. The molecule has 0 aliphatic rings. The van der Waals surface area contributed by atoms with Crippen molar-refractivity contribution in [3.8, 4) is 0 Å². The van der Waals surface area contributed by atoms with Crippen LogP contribution < -0.4 is 5.73 Å². The van der Waals surface area contributed by atoms with Crippen LogP contribution in [-0.2, 0) is 6.54 Å². The van der Waals surface area contributed by atoms with Crippen LogP contribution in [0.5, 0.6) is 0 Å². The highest BCUT2D eigenvalue weighted by molar-refractivity contribution is 7.99. The Morgan fingerprint density at radius 2 is 2.07 bits per heavy atom. The molecular formula is C12H19NS. The van der Waals surface area contributed by atoms with Gasteiger partial charge in [-0.1, -0.05) is 38.5 Å². The van der Waals surface area contributed by atoms with Crippen LogP contribution >= 0.6 is 11.8 Å². The van der Waals surface area contributed by atoms with Crippen molar-refractivity contribution in [3.05, 3.63) is 29.8 Å². The van der Waals surface area contributed by atoms with E-state index < -0.39 is 0 Å². The summed E-state index contributed by atoms with van der Waals surface area (Å²) in [7, 11) is 0. The molecule has 1 aromatic rings. The number of rotatable bonds is 5. The number of nitrogens with two attached hydrogens (primary N) is 1. The molecule has 2 heteroatoms. The van der Waals surface area contributed by atoms with Gasteiger partial charge in [-0.3, -0.25) is 0 Å². The first kappa shape index (κ1) is 11.6. The molecule has 0 heterocycles. The Balaban J connectivity index is 2.57. The first-order valence-electron chi connectivity index (χ1n) is 5.18. The van der Waals surface area contributed by atoms with Crippen LogP contribution in [0.15, 0.2) is 29.2 Å². The molecule has 1 rings (SSSR count). The summed E-state index contributed by atoms with van der Waals surface area (Å²) in [4.78, 5) is 1.34. The second kappa shape index (κ2) is 6.10. The fourth-order valence-corrected chi connectivity index (χ4v) is 2.37. The normalized spacial score (nSPS) is 12.8. The predicted octanol–water partition coefficient (Wildman–Crippen LogP) is 3.28. The Kier molecular flexibility index (Phi) is 5.05. The lowest BCUT2D eigenvalue weighted by Gasteiger charge is -2.10. The fraction of sp³-hybridized carbons (Fsp3) is 0.500. The molecule has 0 spiro atoms. The fourth-order valence-electron chi connectivity index (χ4n) is 1.16. The van der Waals surface area contributed by atoms with Gasteiger partial charge < -0.3 is 5.73 Å². The van der Waals surface area contributed by atoms with Crippen LogP contribution in [-0.4, -0.2) is 5.75 Å². The van der Waals surface area contributed by atoms with E-state index in [9.17, 15) is 0 Å². The van der Waals surface area contributed by atoms with Crippen molar-refractivity contribution in [1.29, 1.82) is 0 Å². The van der Waals surface area contributed by atoms with E-state index >= 15 is 0 Å². The molecule has 0 radical (unpaired) electrons. The van der Waals surface area contributed by atoms with Gasteiger partial charge in [-0.05, 0) is 17.5 Å². The number of benzene rings is 1. The molecular weight excluding hydrogens is 190 g/mol. The van der Waals surface area contributed by atoms with E-state index in [-0.39, 0.29) is 0 Å². The summed E-state index contributed by atoms with van der Waals surface area (Å²) in [6, 6.07) is 8.40. The third kappa shape index (κ3) is 3.35. The molecule has 0 fully saturated rings. The van der Waals surface area contributed by atoms with Crippen LogP contribution in [0.2, 0.25) is 0 Å². The highest BCUT2D eigenvalue weighted by atomic mass is 32.2. The van der Waals surface area contributed by atoms with Crippen molar-refractivity contribution in [1.82, 2.24) is 0 Å². The molecule has 1 unspecified atom stereocenters. The molecule has 0 aromatic heterocycles. The van der Waals surface area contributed by atoms with Gasteiger partial charge in [0.05, 0.1) is 0 Å². The second-order valence-corrected chi connectivity index (χ2v) is 4.70. The third-order valence-corrected chi connectivity index (χ3v) is 3.86. The maximum atomic E-state index is 5.68. The third-order valence-electron chi connectivity index (χ3n) is 2.41. The first-order chi connectivity index (χ1) is 6.77. The molecule has 0 aliphatic heterocycles. The minimum atomic E-state index is 0.643. The molecule has 0 bridgehead atoms. The van der Waals surface area contributed by atoms with Gasteiger partial charge in [-0.25, -0.2) is 0 Å². The molecule has 0 amide bonds. The quantitative estimate of drug-likeness (QED) is 0.753. The average Bonchev–Trinajstić information content (AvgIpc) is 2.26. The average molecular weight is 209 g/mol. The van der Waals surface area contributed by atoms with E-state index in [1.54, 1.807) is 0 Å². The van der Waals surface area contributed by atoms with Crippen molar-refractivity contribution < 1.29 is 0 Å². The van der Waals surface area contributed by atoms with E-state index in [0.29, 0.717) is 6.54 Å². The maximum Gasteiger partial charge on any atom is 0.0189 e. The van der Waals surface area contributed by atoms with Crippen LogP contribution in [0.3, 0.4) is 0 Å². The highest BCUT2D eigenvalue weighted by Gasteiger charge is 2.03. The van der Waals surface area contributed by atoms with Crippen molar-refractivity contribution >= 4 is 11.8 Å². The molecule has 0 aliphatic carbocycles. The van der Waals surface area contributed by atoms with E-state index in [4.69, 9.17) is 5.73 Å². The van der Waals surface area contributed by atoms with Crippen LogP contribution in [0.25, 0.3) is 0 Å². The lowest BCUT2D eigenvalue weighted by atomic mass is 10.2. The van der Waals surface area contributed by atoms with Crippen molar-refractivity contribution in [2.24, 2.45) is 11.7 Å². The van der Waals surface area contributed by atoms with Crippen molar-refractivity contribution in [2.45, 2.75) is 31.7 Å². The molecule has 0 saturated heterocycles. The summed E-state index contributed by atoms with van der Waals surface area (Å²) < 4.78 is 0. The number of thioether (sulfide) groups is 1. The van der Waals surface area contributed by atoms with Gasteiger partial charge in [0, 0.05) is 17.2 Å². The zero-order chi connectivity index (χ0) is 10.4. The van der Waals surface area contributed by atoms with E-state index in [0.717, 1.165) is 5.92 Å². The summed E-state index contributed by atoms with van der Waals surface area (Å²) >= 11 is 1.92. The monoisotopic (exact) mass is 209 g/mol. The lowest BCUT2D eigenvalue weighted by Crippen LogP contribution is -2.00. The Morgan fingerprint density at radius 1 is 1.36 bits per heavy atom. The molecule has 1 atom stereocenters.